The molecule has 2 atom stereocenters. The number of phenols is 1. The lowest BCUT2D eigenvalue weighted by atomic mass is 9.93. The van der Waals surface area contributed by atoms with Crippen molar-refractivity contribution < 1.29 is 32.2 Å². The Morgan fingerprint density at radius 1 is 1.06 bits per heavy atom. The Morgan fingerprint density at radius 2 is 1.72 bits per heavy atom. The van der Waals surface area contributed by atoms with Gasteiger partial charge in [-0.25, -0.2) is 8.78 Å². The molecular formula is C28H31F2O5P. The van der Waals surface area contributed by atoms with E-state index in [1.54, 1.807) is 6.07 Å². The Balaban J connectivity index is 1.46. The number of rotatable bonds is 7. The summed E-state index contributed by atoms with van der Waals surface area (Å²) in [6.45, 7) is 8.20. The van der Waals surface area contributed by atoms with Crippen LogP contribution in [0.4, 0.5) is 8.78 Å². The molecular weight excluding hydrogens is 485 g/mol. The smallest absolute Gasteiger partial charge is 0.368 e. The summed E-state index contributed by atoms with van der Waals surface area (Å²) in [4.78, 5) is 0. The summed E-state index contributed by atoms with van der Waals surface area (Å²) >= 11 is 0. The molecule has 1 N–H and O–H groups in total. The Kier molecular flexibility index (Phi) is 7.84. The summed E-state index contributed by atoms with van der Waals surface area (Å²) in [7, 11) is -3.64. The molecule has 1 heterocycles. The summed E-state index contributed by atoms with van der Waals surface area (Å²) in [6, 6.07) is 12.6. The number of benzene rings is 3. The highest BCUT2D eigenvalue weighted by atomic mass is 31.2. The van der Waals surface area contributed by atoms with Crippen LogP contribution in [0.25, 0.3) is 0 Å². The van der Waals surface area contributed by atoms with E-state index in [9.17, 15) is 18.5 Å². The van der Waals surface area contributed by atoms with Crippen LogP contribution >= 0.6 is 7.60 Å². The van der Waals surface area contributed by atoms with E-state index in [2.05, 4.69) is 0 Å². The molecule has 0 radical (unpaired) electrons. The van der Waals surface area contributed by atoms with Gasteiger partial charge in [0.2, 0.25) is 0 Å². The van der Waals surface area contributed by atoms with Crippen LogP contribution in [0.5, 0.6) is 11.5 Å². The molecule has 3 aromatic rings. The predicted molar refractivity (Wildman–Crippen MR) is 135 cm³/mol. The van der Waals surface area contributed by atoms with E-state index in [-0.39, 0.29) is 24.4 Å². The highest BCUT2D eigenvalue weighted by Gasteiger charge is 2.35. The summed E-state index contributed by atoms with van der Waals surface area (Å²) in [5, 5.41) is 10.1. The fourth-order valence-corrected chi connectivity index (χ4v) is 5.98. The quantitative estimate of drug-likeness (QED) is 0.326. The van der Waals surface area contributed by atoms with E-state index in [4.69, 9.17) is 13.8 Å². The number of halogens is 2. The molecule has 0 aromatic heterocycles. The fourth-order valence-electron chi connectivity index (χ4n) is 4.48. The van der Waals surface area contributed by atoms with Crippen molar-refractivity contribution in [3.8, 4) is 11.5 Å². The molecule has 0 saturated carbocycles. The Hall–Kier alpha value is -2.73. The van der Waals surface area contributed by atoms with Gasteiger partial charge in [0.05, 0.1) is 12.7 Å². The average molecular weight is 517 g/mol. The van der Waals surface area contributed by atoms with Crippen molar-refractivity contribution in [2.45, 2.75) is 52.6 Å². The molecule has 36 heavy (non-hydrogen) atoms. The van der Waals surface area contributed by atoms with Crippen molar-refractivity contribution in [3.05, 3.63) is 93.5 Å². The van der Waals surface area contributed by atoms with Gasteiger partial charge in [0.25, 0.3) is 0 Å². The lowest BCUT2D eigenvalue weighted by molar-refractivity contribution is 0.0721. The van der Waals surface area contributed by atoms with Crippen LogP contribution in [0.15, 0.2) is 48.5 Å². The van der Waals surface area contributed by atoms with Gasteiger partial charge >= 0.3 is 7.60 Å². The van der Waals surface area contributed by atoms with Crippen LogP contribution in [0.1, 0.15) is 65.7 Å². The highest BCUT2D eigenvalue weighted by Crippen LogP contribution is 2.56. The molecule has 0 aliphatic carbocycles. The number of aryl methyl sites for hydroxylation is 2. The number of ether oxygens (including phenoxy) is 1. The van der Waals surface area contributed by atoms with E-state index in [0.717, 1.165) is 33.9 Å². The maximum absolute atomic E-state index is 13.6. The monoisotopic (exact) mass is 516 g/mol. The molecule has 4 rings (SSSR count). The molecule has 0 spiro atoms. The van der Waals surface area contributed by atoms with Gasteiger partial charge in [-0.15, -0.1) is 0 Å². The molecule has 1 saturated heterocycles. The van der Waals surface area contributed by atoms with Gasteiger partial charge in [-0.2, -0.15) is 0 Å². The van der Waals surface area contributed by atoms with E-state index in [0.29, 0.717) is 24.3 Å². The summed E-state index contributed by atoms with van der Waals surface area (Å²) in [5.74, 6) is -0.384. The second-order valence-corrected chi connectivity index (χ2v) is 11.5. The number of hydrogen-bond acceptors (Lipinski definition) is 5. The average Bonchev–Trinajstić information content (AvgIpc) is 2.80. The van der Waals surface area contributed by atoms with Gasteiger partial charge < -0.3 is 14.4 Å². The van der Waals surface area contributed by atoms with Crippen molar-refractivity contribution in [2.75, 3.05) is 13.0 Å². The van der Waals surface area contributed by atoms with E-state index >= 15 is 0 Å². The topological polar surface area (TPSA) is 65.0 Å². The minimum atomic E-state index is -3.64. The maximum atomic E-state index is 13.6. The fraction of sp³-hybridized carbons (Fsp3) is 0.357. The van der Waals surface area contributed by atoms with Gasteiger partial charge in [0, 0.05) is 12.5 Å². The normalized spacial score (nSPS) is 20.0. The molecule has 3 aromatic carbocycles. The minimum absolute atomic E-state index is 0.130. The first-order valence-electron chi connectivity index (χ1n) is 12.0. The van der Waals surface area contributed by atoms with E-state index in [1.165, 1.54) is 12.1 Å². The van der Waals surface area contributed by atoms with Crippen LogP contribution in [-0.4, -0.2) is 18.1 Å². The largest absolute Gasteiger partial charge is 0.508 e. The third-order valence-corrected chi connectivity index (χ3v) is 7.96. The van der Waals surface area contributed by atoms with Crippen molar-refractivity contribution in [1.82, 2.24) is 0 Å². The Bertz CT molecular complexity index is 1260. The van der Waals surface area contributed by atoms with Gasteiger partial charge in [-0.05, 0) is 89.9 Å². The van der Waals surface area contributed by atoms with Gasteiger partial charge in [-0.3, -0.25) is 9.09 Å². The first-order valence-corrected chi connectivity index (χ1v) is 13.7. The number of hydrogen-bond donors (Lipinski definition) is 1. The van der Waals surface area contributed by atoms with Crippen molar-refractivity contribution in [2.24, 2.45) is 0 Å². The van der Waals surface area contributed by atoms with Gasteiger partial charge in [-0.1, -0.05) is 26.0 Å². The number of aromatic hydroxyl groups is 1. The van der Waals surface area contributed by atoms with Crippen molar-refractivity contribution >= 4 is 7.60 Å². The van der Waals surface area contributed by atoms with Crippen LogP contribution in [0.2, 0.25) is 0 Å². The second-order valence-electron chi connectivity index (χ2n) is 9.56. The molecule has 1 aliphatic heterocycles. The molecule has 0 bridgehead atoms. The molecule has 1 fully saturated rings. The molecule has 192 valence electrons. The summed E-state index contributed by atoms with van der Waals surface area (Å²) in [5.41, 5.74) is 5.47. The zero-order chi connectivity index (χ0) is 26.0. The van der Waals surface area contributed by atoms with Crippen LogP contribution in [0.3, 0.4) is 0 Å². The number of phenolic OH excluding ortho intramolecular Hbond substituents is 1. The molecule has 1 aliphatic rings. The zero-order valence-corrected chi connectivity index (χ0v) is 21.8. The van der Waals surface area contributed by atoms with E-state index in [1.807, 2.05) is 52.0 Å². The van der Waals surface area contributed by atoms with Gasteiger partial charge in [0.1, 0.15) is 23.1 Å². The van der Waals surface area contributed by atoms with Gasteiger partial charge in [0.15, 0.2) is 6.35 Å². The SMILES string of the molecule is Cc1cc(OC[P@@]2(=O)OCC[C@@H](c3cc(F)cc(F)c3)O2)cc(C)c1Cc1ccc(O)c(C(C)C)c1. The lowest BCUT2D eigenvalue weighted by Gasteiger charge is -2.30. The Morgan fingerprint density at radius 3 is 2.36 bits per heavy atom. The van der Waals surface area contributed by atoms with Crippen LogP contribution < -0.4 is 4.74 Å². The van der Waals surface area contributed by atoms with Crippen LogP contribution in [-0.2, 0) is 20.0 Å². The van der Waals surface area contributed by atoms with Crippen LogP contribution in [0, 0.1) is 25.5 Å². The summed E-state index contributed by atoms with van der Waals surface area (Å²) in [6.07, 6.45) is -0.0235. The molecule has 5 nitrogen and oxygen atoms in total. The zero-order valence-electron chi connectivity index (χ0n) is 20.9. The van der Waals surface area contributed by atoms with E-state index < -0.39 is 25.3 Å². The maximum Gasteiger partial charge on any atom is 0.368 e. The third kappa shape index (κ3) is 6.15. The summed E-state index contributed by atoms with van der Waals surface area (Å²) < 4.78 is 57.3. The molecule has 8 heteroatoms. The lowest BCUT2D eigenvalue weighted by Crippen LogP contribution is -2.17. The van der Waals surface area contributed by atoms with Crippen molar-refractivity contribution in [3.63, 3.8) is 0 Å². The van der Waals surface area contributed by atoms with Crippen molar-refractivity contribution in [1.29, 1.82) is 0 Å². The Labute approximate surface area is 210 Å². The third-order valence-electron chi connectivity index (χ3n) is 6.37. The highest BCUT2D eigenvalue weighted by molar-refractivity contribution is 7.53. The second kappa shape index (κ2) is 10.7. The first kappa shape index (κ1) is 26.3. The standard InChI is InChI=1S/C28H31F2O5P/c1-17(2)25-11-20(5-6-27(25)31)12-26-18(3)9-24(10-19(26)4)33-16-36(32)34-8-7-28(35-36)21-13-22(29)15-23(30)14-21/h5-6,9-11,13-15,17,28,31H,7-8,12,16H2,1-4H3/t28-,36+/m0/s1. The molecule has 0 unspecified atom stereocenters. The first-order chi connectivity index (χ1) is 17.0. The minimum Gasteiger partial charge on any atom is -0.508 e. The molecule has 0 amide bonds. The predicted octanol–water partition coefficient (Wildman–Crippen LogP) is 7.71.